The summed E-state index contributed by atoms with van der Waals surface area (Å²) in [5, 5.41) is 0. The molecule has 2 heteroatoms. The predicted molar refractivity (Wildman–Crippen MR) is 53.0 cm³/mol. The lowest BCUT2D eigenvalue weighted by Gasteiger charge is -2.05. The van der Waals surface area contributed by atoms with Gasteiger partial charge < -0.3 is 0 Å². The van der Waals surface area contributed by atoms with Crippen molar-refractivity contribution in [3.8, 4) is 0 Å². The minimum absolute atomic E-state index is 0.229. The average Bonchev–Trinajstić information content (AvgIpc) is 2.57. The summed E-state index contributed by atoms with van der Waals surface area (Å²) in [6.07, 6.45) is 1.52. The molecule has 2 aliphatic rings. The van der Waals surface area contributed by atoms with E-state index in [-0.39, 0.29) is 11.8 Å². The maximum Gasteiger partial charge on any atom is 0.254 e. The molecule has 2 rings (SSSR count). The van der Waals surface area contributed by atoms with Gasteiger partial charge in [-0.05, 0) is 18.8 Å². The van der Waals surface area contributed by atoms with E-state index in [0.717, 1.165) is 12.8 Å². The van der Waals surface area contributed by atoms with Crippen molar-refractivity contribution < 1.29 is 8.78 Å². The topological polar surface area (TPSA) is 0 Å². The summed E-state index contributed by atoms with van der Waals surface area (Å²) in [5.74, 6) is -2.16. The number of rotatable bonds is 0. The average molecular weight is 192 g/mol. The van der Waals surface area contributed by atoms with Crippen molar-refractivity contribution in [2.45, 2.75) is 53.4 Å². The molecule has 2 saturated carbocycles. The van der Waals surface area contributed by atoms with E-state index in [1.165, 1.54) is 0 Å². The Morgan fingerprint density at radius 1 is 0.923 bits per heavy atom. The first-order valence-electron chi connectivity index (χ1n) is 5.50. The fraction of sp³-hybridized carbons (Fsp3) is 1.00. The minimum atomic E-state index is -2.26. The van der Waals surface area contributed by atoms with E-state index in [1.807, 2.05) is 27.7 Å². The summed E-state index contributed by atoms with van der Waals surface area (Å²) in [7, 11) is 0. The van der Waals surface area contributed by atoms with Crippen molar-refractivity contribution in [3.63, 3.8) is 0 Å². The summed E-state index contributed by atoms with van der Waals surface area (Å²) in [6.45, 7) is 10.1. The third-order valence-electron chi connectivity index (χ3n) is 2.68. The van der Waals surface area contributed by atoms with Gasteiger partial charge in [-0.15, -0.1) is 0 Å². The highest BCUT2D eigenvalue weighted by molar-refractivity contribution is 5.10. The fourth-order valence-corrected chi connectivity index (χ4v) is 2.07. The zero-order chi connectivity index (χ0) is 10.6. The van der Waals surface area contributed by atoms with E-state index < -0.39 is 5.92 Å². The van der Waals surface area contributed by atoms with Crippen molar-refractivity contribution >= 4 is 0 Å². The molecule has 0 saturated heterocycles. The van der Waals surface area contributed by atoms with E-state index in [0.29, 0.717) is 5.92 Å². The van der Waals surface area contributed by atoms with Gasteiger partial charge in [-0.25, -0.2) is 8.78 Å². The zero-order valence-electron chi connectivity index (χ0n) is 9.40. The van der Waals surface area contributed by atoms with Gasteiger partial charge >= 0.3 is 0 Å². The molecule has 0 aromatic heterocycles. The normalized spacial score (nSPS) is 37.6. The number of alkyl halides is 2. The van der Waals surface area contributed by atoms with E-state index in [4.69, 9.17) is 0 Å². The van der Waals surface area contributed by atoms with Crippen LogP contribution in [0, 0.1) is 17.8 Å². The minimum Gasteiger partial charge on any atom is -0.206 e. The van der Waals surface area contributed by atoms with Gasteiger partial charge in [0.25, 0.3) is 5.92 Å². The standard InChI is InChI=1S/C7H10F2.2C2H6/c1-4-2-5-6(3-4)7(5,8)9;2*1-2/h4-6H,2-3H2,1H3;2*1-2H3. The lowest BCUT2D eigenvalue weighted by molar-refractivity contribution is 0.0654. The molecule has 0 aromatic rings. The van der Waals surface area contributed by atoms with Gasteiger partial charge in [-0.1, -0.05) is 34.6 Å². The Morgan fingerprint density at radius 2 is 1.23 bits per heavy atom. The second-order valence-corrected chi connectivity index (χ2v) is 3.46. The highest BCUT2D eigenvalue weighted by Gasteiger charge is 2.70. The van der Waals surface area contributed by atoms with Crippen LogP contribution in [0.1, 0.15) is 47.5 Å². The van der Waals surface area contributed by atoms with Crippen molar-refractivity contribution in [2.24, 2.45) is 17.8 Å². The monoisotopic (exact) mass is 192 g/mol. The molecule has 80 valence electrons. The molecule has 0 amide bonds. The molecule has 2 atom stereocenters. The van der Waals surface area contributed by atoms with E-state index in [9.17, 15) is 8.78 Å². The van der Waals surface area contributed by atoms with Crippen molar-refractivity contribution in [2.75, 3.05) is 0 Å². The van der Waals surface area contributed by atoms with Crippen LogP contribution >= 0.6 is 0 Å². The summed E-state index contributed by atoms with van der Waals surface area (Å²) in [5.41, 5.74) is 0. The smallest absolute Gasteiger partial charge is 0.206 e. The summed E-state index contributed by atoms with van der Waals surface area (Å²) >= 11 is 0. The molecule has 0 nitrogen and oxygen atoms in total. The molecular weight excluding hydrogens is 170 g/mol. The van der Waals surface area contributed by atoms with Gasteiger partial charge in [-0.3, -0.25) is 0 Å². The molecule has 0 heterocycles. The van der Waals surface area contributed by atoms with E-state index in [1.54, 1.807) is 0 Å². The van der Waals surface area contributed by atoms with Gasteiger partial charge in [0.05, 0.1) is 0 Å². The van der Waals surface area contributed by atoms with Crippen LogP contribution in [0.25, 0.3) is 0 Å². The van der Waals surface area contributed by atoms with Crippen molar-refractivity contribution in [1.82, 2.24) is 0 Å². The van der Waals surface area contributed by atoms with Gasteiger partial charge in [0.1, 0.15) is 0 Å². The van der Waals surface area contributed by atoms with Gasteiger partial charge in [0.15, 0.2) is 0 Å². The Morgan fingerprint density at radius 3 is 1.46 bits per heavy atom. The number of fused-ring (bicyclic) bond motifs is 1. The first-order valence-corrected chi connectivity index (χ1v) is 5.50. The number of hydrogen-bond acceptors (Lipinski definition) is 0. The first kappa shape index (κ1) is 12.9. The lowest BCUT2D eigenvalue weighted by atomic mass is 10.1. The molecule has 2 aliphatic carbocycles. The summed E-state index contributed by atoms with van der Waals surface area (Å²) in [6, 6.07) is 0. The van der Waals surface area contributed by atoms with E-state index in [2.05, 4.69) is 6.92 Å². The largest absolute Gasteiger partial charge is 0.254 e. The third kappa shape index (κ3) is 2.41. The van der Waals surface area contributed by atoms with Gasteiger partial charge in [0, 0.05) is 11.8 Å². The molecular formula is C11H22F2. The van der Waals surface area contributed by atoms with Gasteiger partial charge in [0.2, 0.25) is 0 Å². The van der Waals surface area contributed by atoms with Crippen LogP contribution in [-0.4, -0.2) is 5.92 Å². The van der Waals surface area contributed by atoms with Crippen LogP contribution in [0.4, 0.5) is 8.78 Å². The fourth-order valence-electron chi connectivity index (χ4n) is 2.07. The van der Waals surface area contributed by atoms with Crippen LogP contribution in [0.15, 0.2) is 0 Å². The molecule has 0 N–H and O–H groups in total. The van der Waals surface area contributed by atoms with Crippen LogP contribution in [0.5, 0.6) is 0 Å². The zero-order valence-corrected chi connectivity index (χ0v) is 9.40. The highest BCUT2D eigenvalue weighted by atomic mass is 19.3. The Hall–Kier alpha value is -0.140. The first-order chi connectivity index (χ1) is 6.12. The number of hydrogen-bond donors (Lipinski definition) is 0. The molecule has 13 heavy (non-hydrogen) atoms. The Bertz CT molecular complexity index is 129. The van der Waals surface area contributed by atoms with Crippen LogP contribution in [0.2, 0.25) is 0 Å². The SMILES string of the molecule is CC.CC.CC1CC2C(C1)C2(F)F. The highest BCUT2D eigenvalue weighted by Crippen LogP contribution is 2.65. The third-order valence-corrected chi connectivity index (χ3v) is 2.68. The Kier molecular flexibility index (Phi) is 4.87. The number of halogens is 2. The van der Waals surface area contributed by atoms with Crippen LogP contribution in [0.3, 0.4) is 0 Å². The Labute approximate surface area is 80.7 Å². The molecule has 0 bridgehead atoms. The second-order valence-electron chi connectivity index (χ2n) is 3.46. The molecule has 0 aliphatic heterocycles. The van der Waals surface area contributed by atoms with E-state index >= 15 is 0 Å². The molecule has 2 unspecified atom stereocenters. The molecule has 0 radical (unpaired) electrons. The maximum absolute atomic E-state index is 12.4. The van der Waals surface area contributed by atoms with Crippen molar-refractivity contribution in [3.05, 3.63) is 0 Å². The predicted octanol–water partition coefficient (Wildman–Crippen LogP) is 4.35. The summed E-state index contributed by atoms with van der Waals surface area (Å²) in [4.78, 5) is 0. The molecule has 0 spiro atoms. The van der Waals surface area contributed by atoms with Crippen LogP contribution < -0.4 is 0 Å². The summed E-state index contributed by atoms with van der Waals surface area (Å²) < 4.78 is 24.8. The van der Waals surface area contributed by atoms with Crippen LogP contribution in [-0.2, 0) is 0 Å². The Balaban J connectivity index is 0.000000322. The van der Waals surface area contributed by atoms with Crippen molar-refractivity contribution in [1.29, 1.82) is 0 Å². The van der Waals surface area contributed by atoms with Gasteiger partial charge in [-0.2, -0.15) is 0 Å². The lowest BCUT2D eigenvalue weighted by Crippen LogP contribution is -2.04. The maximum atomic E-state index is 12.4. The molecule has 0 aromatic carbocycles. The molecule has 2 fully saturated rings. The second kappa shape index (κ2) is 4.92. The quantitative estimate of drug-likeness (QED) is 0.535.